The second kappa shape index (κ2) is 12.3. The molecule has 0 unspecified atom stereocenters. The number of hydrogen-bond acceptors (Lipinski definition) is 5. The molecule has 0 aromatic heterocycles. The normalized spacial score (nSPS) is 18.3. The van der Waals surface area contributed by atoms with Gasteiger partial charge >= 0.3 is 0 Å². The first-order chi connectivity index (χ1) is 23.9. The summed E-state index contributed by atoms with van der Waals surface area (Å²) in [6.07, 6.45) is 7.64. The predicted molar refractivity (Wildman–Crippen MR) is 199 cm³/mol. The molecule has 6 heteroatoms. The molecule has 0 spiro atoms. The number of hydrogen-bond donors (Lipinski definition) is 0. The first kappa shape index (κ1) is 33.4. The van der Waals surface area contributed by atoms with Crippen LogP contribution in [0.5, 0.6) is 0 Å². The SMILES string of the molecule is CCCCN1/C(=C/C2=C([O-])C(=c3ccc(=c4c(=O)c(=CC5=[N+](CCCC)c6ccccc6C5(C)C)c4=O)cc3)C2=O)C(C)(C)c2ccccc21. The Balaban J connectivity index is 1.27. The third-order valence-corrected chi connectivity index (χ3v) is 11.0. The summed E-state index contributed by atoms with van der Waals surface area (Å²) in [5.41, 5.74) is 5.58. The number of fused-ring (bicyclic) bond motifs is 2. The van der Waals surface area contributed by atoms with Crippen LogP contribution in [0.1, 0.15) is 78.4 Å². The quantitative estimate of drug-likeness (QED) is 0.246. The van der Waals surface area contributed by atoms with Crippen molar-refractivity contribution in [3.8, 4) is 0 Å². The number of anilines is 1. The summed E-state index contributed by atoms with van der Waals surface area (Å²) < 4.78 is 2.25. The van der Waals surface area contributed by atoms with E-state index in [2.05, 4.69) is 75.3 Å². The Morgan fingerprint density at radius 1 is 0.740 bits per heavy atom. The standard InChI is InChI=1S/C44H44N2O4/c1-7-9-23-45-33-17-13-11-15-31(33)43(3,4)35(45)25-29-39(47)37(40(29)48)27-19-21-28(22-20-27)38-41(49)30(42(38)50)26-36-44(5,6)32-16-12-14-18-34(32)46(36)24-10-8-2/h11-22,25-26H,7-10,23-24H2,1-6H3/b35-25+. The van der Waals surface area contributed by atoms with Crippen molar-refractivity contribution in [3.63, 3.8) is 0 Å². The van der Waals surface area contributed by atoms with Gasteiger partial charge in [0.1, 0.15) is 6.54 Å². The first-order valence-corrected chi connectivity index (χ1v) is 17.9. The number of benzene rings is 3. The van der Waals surface area contributed by atoms with Gasteiger partial charge in [0.15, 0.2) is 11.5 Å². The second-order valence-electron chi connectivity index (χ2n) is 14.8. The lowest BCUT2D eigenvalue weighted by Crippen LogP contribution is -2.51. The summed E-state index contributed by atoms with van der Waals surface area (Å²) in [6.45, 7) is 14.5. The molecule has 50 heavy (non-hydrogen) atoms. The third kappa shape index (κ3) is 4.99. The number of Topliss-reactive ketones (excluding diaryl/α,β-unsaturated/α-hetero) is 1. The molecule has 6 nitrogen and oxygen atoms in total. The summed E-state index contributed by atoms with van der Waals surface area (Å²) >= 11 is 0. The van der Waals surface area contributed by atoms with Gasteiger partial charge in [-0.2, -0.15) is 4.58 Å². The molecule has 4 aromatic rings. The molecule has 0 atom stereocenters. The Labute approximate surface area is 292 Å². The molecule has 4 aromatic carbocycles. The van der Waals surface area contributed by atoms with E-state index in [4.69, 9.17) is 0 Å². The van der Waals surface area contributed by atoms with Crippen molar-refractivity contribution in [1.82, 2.24) is 0 Å². The van der Waals surface area contributed by atoms with Crippen LogP contribution in [0.4, 0.5) is 11.4 Å². The smallest absolute Gasteiger partial charge is 0.209 e. The molecule has 2 aliphatic heterocycles. The van der Waals surface area contributed by atoms with E-state index in [0.29, 0.717) is 10.4 Å². The molecule has 0 fully saturated rings. The Morgan fingerprint density at radius 2 is 1.36 bits per heavy atom. The zero-order valence-electron chi connectivity index (χ0n) is 29.9. The zero-order valence-corrected chi connectivity index (χ0v) is 29.9. The van der Waals surface area contributed by atoms with Crippen molar-refractivity contribution in [2.75, 3.05) is 18.0 Å². The molecule has 0 saturated carbocycles. The Hall–Kier alpha value is -5.10. The minimum absolute atomic E-state index is 0.139. The van der Waals surface area contributed by atoms with E-state index in [9.17, 15) is 19.5 Å². The van der Waals surface area contributed by atoms with E-state index in [0.717, 1.165) is 61.6 Å². The third-order valence-electron chi connectivity index (χ3n) is 11.0. The maximum atomic E-state index is 13.5. The van der Waals surface area contributed by atoms with E-state index >= 15 is 0 Å². The molecular weight excluding hydrogens is 620 g/mol. The Bertz CT molecular complexity index is 2430. The van der Waals surface area contributed by atoms with Crippen LogP contribution in [0, 0.1) is 10.4 Å². The number of para-hydroxylation sites is 2. The Morgan fingerprint density at radius 3 is 2.02 bits per heavy atom. The fourth-order valence-electron chi connectivity index (χ4n) is 8.01. The highest BCUT2D eigenvalue weighted by Gasteiger charge is 2.44. The lowest BCUT2D eigenvalue weighted by atomic mass is 9.80. The highest BCUT2D eigenvalue weighted by Crippen LogP contribution is 2.49. The highest BCUT2D eigenvalue weighted by molar-refractivity contribution is 6.37. The maximum Gasteiger partial charge on any atom is 0.209 e. The van der Waals surface area contributed by atoms with Crippen molar-refractivity contribution >= 4 is 34.5 Å². The molecule has 0 radical (unpaired) electrons. The van der Waals surface area contributed by atoms with E-state index in [-0.39, 0.29) is 54.8 Å². The average molecular weight is 665 g/mol. The van der Waals surface area contributed by atoms with Gasteiger partial charge in [-0.25, -0.2) is 0 Å². The number of unbranched alkanes of at least 4 members (excludes halogenated alkanes) is 2. The molecular formula is C44H44N2O4. The topological polar surface area (TPSA) is 80.5 Å². The lowest BCUT2D eigenvalue weighted by Gasteiger charge is -2.32. The van der Waals surface area contributed by atoms with Crippen LogP contribution in [0.2, 0.25) is 0 Å². The fraction of sp³-hybridized carbons (Fsp3) is 0.318. The zero-order chi connectivity index (χ0) is 35.5. The molecule has 2 heterocycles. The van der Waals surface area contributed by atoms with Gasteiger partial charge in [0.25, 0.3) is 0 Å². The Kier molecular flexibility index (Phi) is 8.25. The van der Waals surface area contributed by atoms with E-state index in [1.54, 1.807) is 36.4 Å². The summed E-state index contributed by atoms with van der Waals surface area (Å²) in [5.74, 6) is -0.563. The first-order valence-electron chi connectivity index (χ1n) is 17.9. The number of rotatable bonds is 8. The van der Waals surface area contributed by atoms with Crippen LogP contribution in [-0.2, 0) is 15.6 Å². The van der Waals surface area contributed by atoms with Gasteiger partial charge in [0, 0.05) is 58.6 Å². The summed E-state index contributed by atoms with van der Waals surface area (Å²) in [7, 11) is 0. The van der Waals surface area contributed by atoms with E-state index in [1.807, 2.05) is 24.3 Å². The molecule has 0 amide bonds. The fourth-order valence-corrected chi connectivity index (χ4v) is 8.01. The minimum Gasteiger partial charge on any atom is -0.871 e. The van der Waals surface area contributed by atoms with Crippen molar-refractivity contribution in [1.29, 1.82) is 0 Å². The number of carbonyl (C=O) groups excluding carboxylic acids is 1. The van der Waals surface area contributed by atoms with Crippen LogP contribution in [-0.4, -0.2) is 29.2 Å². The molecule has 1 aliphatic carbocycles. The largest absolute Gasteiger partial charge is 0.871 e. The second-order valence-corrected chi connectivity index (χ2v) is 14.8. The van der Waals surface area contributed by atoms with Crippen LogP contribution in [0.25, 0.3) is 11.6 Å². The van der Waals surface area contributed by atoms with Gasteiger partial charge in [-0.15, -0.1) is 0 Å². The molecule has 0 saturated heterocycles. The van der Waals surface area contributed by atoms with Crippen molar-refractivity contribution in [2.45, 2.75) is 78.1 Å². The summed E-state index contributed by atoms with van der Waals surface area (Å²) in [5, 5.41) is 14.8. The van der Waals surface area contributed by atoms with Gasteiger partial charge in [0.2, 0.25) is 16.5 Å². The molecule has 7 rings (SSSR count). The lowest BCUT2D eigenvalue weighted by molar-refractivity contribution is -0.437. The van der Waals surface area contributed by atoms with Crippen LogP contribution >= 0.6 is 0 Å². The van der Waals surface area contributed by atoms with Gasteiger partial charge in [-0.1, -0.05) is 107 Å². The number of allylic oxidation sites excluding steroid dienone is 4. The maximum absolute atomic E-state index is 13.5. The number of ketones is 1. The molecule has 3 aliphatic rings. The van der Waals surface area contributed by atoms with Crippen LogP contribution in [0.15, 0.2) is 105 Å². The minimum atomic E-state index is -0.356. The molecule has 254 valence electrons. The predicted octanol–water partition coefficient (Wildman–Crippen LogP) is 5.06. The van der Waals surface area contributed by atoms with Gasteiger partial charge in [-0.05, 0) is 48.4 Å². The van der Waals surface area contributed by atoms with Gasteiger partial charge in [0.05, 0.1) is 15.9 Å². The van der Waals surface area contributed by atoms with E-state index in [1.165, 1.54) is 11.1 Å². The molecule has 0 N–H and O–H groups in total. The van der Waals surface area contributed by atoms with Crippen molar-refractivity contribution < 1.29 is 14.5 Å². The van der Waals surface area contributed by atoms with Gasteiger partial charge < -0.3 is 10.0 Å². The van der Waals surface area contributed by atoms with Crippen molar-refractivity contribution in [2.24, 2.45) is 0 Å². The summed E-state index contributed by atoms with van der Waals surface area (Å²) in [4.78, 5) is 42.8. The van der Waals surface area contributed by atoms with Crippen molar-refractivity contribution in [3.05, 3.63) is 148 Å². The highest BCUT2D eigenvalue weighted by atomic mass is 16.3. The average Bonchev–Trinajstić information content (AvgIpc) is 3.46. The number of nitrogens with zero attached hydrogens (tertiary/aromatic N) is 2. The number of carbonyl (C=O) groups is 1. The van der Waals surface area contributed by atoms with Crippen LogP contribution < -0.4 is 31.3 Å². The monoisotopic (exact) mass is 664 g/mol. The van der Waals surface area contributed by atoms with E-state index < -0.39 is 0 Å². The van der Waals surface area contributed by atoms with Crippen LogP contribution in [0.3, 0.4) is 0 Å². The summed E-state index contributed by atoms with van der Waals surface area (Å²) in [6, 6.07) is 23.2. The molecule has 0 bridgehead atoms. The van der Waals surface area contributed by atoms with Gasteiger partial charge in [-0.3, -0.25) is 14.4 Å².